The van der Waals surface area contributed by atoms with E-state index in [0.717, 1.165) is 12.1 Å². The number of nitrogens with zero attached hydrogens (tertiary/aromatic N) is 2. The second-order valence-corrected chi connectivity index (χ2v) is 5.91. The first-order valence-electron chi connectivity index (χ1n) is 5.50. The second kappa shape index (κ2) is 5.21. The van der Waals surface area contributed by atoms with Crippen molar-refractivity contribution in [2.45, 2.75) is 11.3 Å². The molecule has 21 heavy (non-hydrogen) atoms. The summed E-state index contributed by atoms with van der Waals surface area (Å²) in [6.45, 7) is 0. The van der Waals surface area contributed by atoms with Gasteiger partial charge in [-0.25, -0.2) is 13.5 Å². The number of H-pyrrole nitrogens is 1. The maximum atomic E-state index is 12.6. The summed E-state index contributed by atoms with van der Waals surface area (Å²) >= 11 is 0. The van der Waals surface area contributed by atoms with E-state index in [1.807, 2.05) is 5.92 Å². The van der Waals surface area contributed by atoms with Gasteiger partial charge in [0, 0.05) is 5.56 Å². The molecular formula is C12H8F3N3O2S. The van der Waals surface area contributed by atoms with Crippen LogP contribution in [0.2, 0.25) is 0 Å². The third-order valence-electron chi connectivity index (χ3n) is 2.48. The van der Waals surface area contributed by atoms with Gasteiger partial charge in [-0.1, -0.05) is 18.1 Å². The largest absolute Gasteiger partial charge is 0.416 e. The summed E-state index contributed by atoms with van der Waals surface area (Å²) in [6, 6.07) is 4.26. The number of halogens is 3. The SMILES string of the molecule is C#CCS(=O)(=O)c1nc(-c2cccc(C(F)(F)F)c2)n[nH]1. The van der Waals surface area contributed by atoms with Gasteiger partial charge < -0.3 is 0 Å². The lowest BCUT2D eigenvalue weighted by Crippen LogP contribution is -2.07. The zero-order valence-electron chi connectivity index (χ0n) is 10.3. The van der Waals surface area contributed by atoms with Gasteiger partial charge in [-0.05, 0) is 12.1 Å². The van der Waals surface area contributed by atoms with Crippen molar-refractivity contribution in [3.05, 3.63) is 29.8 Å². The Kier molecular flexibility index (Phi) is 3.74. The van der Waals surface area contributed by atoms with E-state index in [9.17, 15) is 21.6 Å². The molecule has 0 amide bonds. The van der Waals surface area contributed by atoms with Crippen LogP contribution in [-0.2, 0) is 16.0 Å². The average Bonchev–Trinajstić information content (AvgIpc) is 2.88. The van der Waals surface area contributed by atoms with Crippen molar-refractivity contribution in [1.82, 2.24) is 15.2 Å². The molecule has 0 radical (unpaired) electrons. The minimum atomic E-state index is -4.51. The standard InChI is InChI=1S/C12H8F3N3O2S/c1-2-6-21(19,20)11-16-10(17-18-11)8-4-3-5-9(7-8)12(13,14)15/h1,3-5,7H,6H2,(H,16,17,18). The number of terminal acetylenes is 1. The van der Waals surface area contributed by atoms with Crippen molar-refractivity contribution >= 4 is 9.84 Å². The molecule has 1 heterocycles. The van der Waals surface area contributed by atoms with E-state index in [1.54, 1.807) is 0 Å². The fourth-order valence-electron chi connectivity index (χ4n) is 1.53. The zero-order valence-corrected chi connectivity index (χ0v) is 11.2. The molecule has 1 aromatic carbocycles. The quantitative estimate of drug-likeness (QED) is 0.878. The molecular weight excluding hydrogens is 307 g/mol. The maximum Gasteiger partial charge on any atom is 0.416 e. The van der Waals surface area contributed by atoms with Gasteiger partial charge in [0.25, 0.3) is 0 Å². The average molecular weight is 315 g/mol. The highest BCUT2D eigenvalue weighted by molar-refractivity contribution is 7.91. The molecule has 9 heteroatoms. The molecule has 0 aliphatic heterocycles. The molecule has 0 spiro atoms. The molecule has 110 valence electrons. The van der Waals surface area contributed by atoms with Crippen LogP contribution in [0.5, 0.6) is 0 Å². The third kappa shape index (κ3) is 3.22. The molecule has 0 unspecified atom stereocenters. The molecule has 1 N–H and O–H groups in total. The number of rotatable bonds is 3. The van der Waals surface area contributed by atoms with Gasteiger partial charge in [-0.3, -0.25) is 0 Å². The first-order chi connectivity index (χ1) is 9.74. The molecule has 2 aromatic rings. The van der Waals surface area contributed by atoms with E-state index in [4.69, 9.17) is 6.42 Å². The lowest BCUT2D eigenvalue weighted by atomic mass is 10.1. The molecule has 0 saturated carbocycles. The highest BCUT2D eigenvalue weighted by Gasteiger charge is 2.30. The number of hydrogen-bond donors (Lipinski definition) is 1. The van der Waals surface area contributed by atoms with Crippen LogP contribution in [0.1, 0.15) is 5.56 Å². The van der Waals surface area contributed by atoms with Crippen LogP contribution in [0.3, 0.4) is 0 Å². The fourth-order valence-corrected chi connectivity index (χ4v) is 2.29. The highest BCUT2D eigenvalue weighted by Crippen LogP contribution is 2.31. The van der Waals surface area contributed by atoms with Gasteiger partial charge in [0.1, 0.15) is 5.75 Å². The summed E-state index contributed by atoms with van der Waals surface area (Å²) in [5.74, 6) is 1.23. The van der Waals surface area contributed by atoms with Crippen molar-refractivity contribution < 1.29 is 21.6 Å². The normalized spacial score (nSPS) is 12.1. The summed E-state index contributed by atoms with van der Waals surface area (Å²) in [4.78, 5) is 3.68. The Morgan fingerprint density at radius 3 is 2.67 bits per heavy atom. The Hall–Kier alpha value is -2.34. The van der Waals surface area contributed by atoms with Crippen molar-refractivity contribution in [3.8, 4) is 23.7 Å². The summed E-state index contributed by atoms with van der Waals surface area (Å²) in [5.41, 5.74) is -0.832. The Bertz CT molecular complexity index is 804. The van der Waals surface area contributed by atoms with E-state index < -0.39 is 32.5 Å². The first-order valence-corrected chi connectivity index (χ1v) is 7.15. The smallest absolute Gasteiger partial charge is 0.249 e. The number of alkyl halides is 3. The highest BCUT2D eigenvalue weighted by atomic mass is 32.2. The van der Waals surface area contributed by atoms with Crippen LogP contribution in [0, 0.1) is 12.3 Å². The maximum absolute atomic E-state index is 12.6. The van der Waals surface area contributed by atoms with Crippen molar-refractivity contribution in [2.24, 2.45) is 0 Å². The van der Waals surface area contributed by atoms with Crippen molar-refractivity contribution in [2.75, 3.05) is 5.75 Å². The van der Waals surface area contributed by atoms with Gasteiger partial charge in [-0.2, -0.15) is 23.3 Å². The summed E-state index contributed by atoms with van der Waals surface area (Å²) in [5, 5.41) is 5.29. The molecule has 0 aliphatic carbocycles. The van der Waals surface area contributed by atoms with Gasteiger partial charge in [0.2, 0.25) is 15.0 Å². The monoisotopic (exact) mass is 315 g/mol. The lowest BCUT2D eigenvalue weighted by molar-refractivity contribution is -0.137. The molecule has 2 rings (SSSR count). The molecule has 1 aromatic heterocycles. The zero-order chi connectivity index (χ0) is 15.7. The van der Waals surface area contributed by atoms with Crippen LogP contribution in [0.15, 0.2) is 29.4 Å². The van der Waals surface area contributed by atoms with Crippen LogP contribution in [0.25, 0.3) is 11.4 Å². The Labute approximate surface area is 118 Å². The van der Waals surface area contributed by atoms with Gasteiger partial charge in [-0.15, -0.1) is 6.42 Å². The van der Waals surface area contributed by atoms with Gasteiger partial charge in [0.15, 0.2) is 5.82 Å². The minimum absolute atomic E-state index is 0.0447. The number of aromatic nitrogens is 3. The van der Waals surface area contributed by atoms with Gasteiger partial charge >= 0.3 is 6.18 Å². The van der Waals surface area contributed by atoms with E-state index >= 15 is 0 Å². The second-order valence-electron chi connectivity index (χ2n) is 4.01. The van der Waals surface area contributed by atoms with E-state index in [-0.39, 0.29) is 11.4 Å². The van der Waals surface area contributed by atoms with Crippen LogP contribution < -0.4 is 0 Å². The minimum Gasteiger partial charge on any atom is -0.249 e. The predicted octanol–water partition coefficient (Wildman–Crippen LogP) is 1.90. The number of sulfone groups is 1. The molecule has 5 nitrogen and oxygen atoms in total. The van der Waals surface area contributed by atoms with Gasteiger partial charge in [0.05, 0.1) is 5.56 Å². The first kappa shape index (κ1) is 15.1. The molecule has 0 bridgehead atoms. The van der Waals surface area contributed by atoms with Crippen molar-refractivity contribution in [3.63, 3.8) is 0 Å². The Morgan fingerprint density at radius 1 is 1.33 bits per heavy atom. The molecule has 0 fully saturated rings. The van der Waals surface area contributed by atoms with Crippen LogP contribution in [-0.4, -0.2) is 29.4 Å². The Balaban J connectivity index is 2.42. The number of benzene rings is 1. The fraction of sp³-hybridized carbons (Fsp3) is 0.167. The lowest BCUT2D eigenvalue weighted by Gasteiger charge is -2.06. The third-order valence-corrected chi connectivity index (χ3v) is 3.80. The molecule has 0 aliphatic rings. The van der Waals surface area contributed by atoms with E-state index in [0.29, 0.717) is 0 Å². The number of nitrogens with one attached hydrogen (secondary N) is 1. The van der Waals surface area contributed by atoms with Crippen LogP contribution in [0.4, 0.5) is 13.2 Å². The van der Waals surface area contributed by atoms with Crippen molar-refractivity contribution in [1.29, 1.82) is 0 Å². The molecule has 0 saturated heterocycles. The van der Waals surface area contributed by atoms with E-state index in [1.165, 1.54) is 12.1 Å². The van der Waals surface area contributed by atoms with Crippen LogP contribution >= 0.6 is 0 Å². The predicted molar refractivity (Wildman–Crippen MR) is 67.7 cm³/mol. The summed E-state index contributed by atoms with van der Waals surface area (Å²) in [6.07, 6.45) is 0.412. The number of aromatic amines is 1. The topological polar surface area (TPSA) is 75.7 Å². The summed E-state index contributed by atoms with van der Waals surface area (Å²) in [7, 11) is -3.82. The van der Waals surface area contributed by atoms with E-state index in [2.05, 4.69) is 15.2 Å². The number of hydrogen-bond acceptors (Lipinski definition) is 4. The summed E-state index contributed by atoms with van der Waals surface area (Å²) < 4.78 is 61.1. The Morgan fingerprint density at radius 2 is 2.05 bits per heavy atom. The molecule has 0 atom stereocenters.